The summed E-state index contributed by atoms with van der Waals surface area (Å²) in [5.41, 5.74) is 2.39. The van der Waals surface area contributed by atoms with E-state index >= 15 is 0 Å². The average Bonchev–Trinajstić information content (AvgIpc) is 2.90. The van der Waals surface area contributed by atoms with E-state index < -0.39 is 0 Å². The van der Waals surface area contributed by atoms with Crippen LogP contribution < -0.4 is 0 Å². The van der Waals surface area contributed by atoms with Crippen molar-refractivity contribution in [3.8, 4) is 0 Å². The number of hydrogen-bond acceptors (Lipinski definition) is 0. The van der Waals surface area contributed by atoms with E-state index in [0.717, 1.165) is 41.4 Å². The lowest BCUT2D eigenvalue weighted by Crippen LogP contribution is -2.47. The molecular formula is C24H40. The highest BCUT2D eigenvalue weighted by Gasteiger charge is 2.54. The molecule has 0 aromatic heterocycles. The fourth-order valence-corrected chi connectivity index (χ4v) is 8.15. The first-order valence-corrected chi connectivity index (χ1v) is 11.2. The van der Waals surface area contributed by atoms with Gasteiger partial charge in [-0.1, -0.05) is 38.8 Å². The Morgan fingerprint density at radius 1 is 1.00 bits per heavy atom. The van der Waals surface area contributed by atoms with Crippen LogP contribution in [0.15, 0.2) is 11.6 Å². The SMILES string of the molecule is C/C=C1/CC[C@H]2[C@@H]3CC[C@@H]4C[C@@H](CC(C)C)CC[C@@H]4[C@H]3CC[C@]12C. The Labute approximate surface area is 150 Å². The second-order valence-corrected chi connectivity index (χ2v) is 10.6. The topological polar surface area (TPSA) is 0 Å². The Kier molecular flexibility index (Phi) is 4.63. The van der Waals surface area contributed by atoms with Gasteiger partial charge >= 0.3 is 0 Å². The summed E-state index contributed by atoms with van der Waals surface area (Å²) in [4.78, 5) is 0. The average molecular weight is 329 g/mol. The zero-order chi connectivity index (χ0) is 16.9. The molecule has 0 aromatic carbocycles. The maximum absolute atomic E-state index is 2.63. The molecule has 0 unspecified atom stereocenters. The molecule has 136 valence electrons. The van der Waals surface area contributed by atoms with Crippen LogP contribution in [0.4, 0.5) is 0 Å². The van der Waals surface area contributed by atoms with Crippen LogP contribution in [0.5, 0.6) is 0 Å². The van der Waals surface area contributed by atoms with Crippen LogP contribution in [0.1, 0.15) is 91.9 Å². The summed E-state index contributed by atoms with van der Waals surface area (Å²) in [6.07, 6.45) is 17.8. The van der Waals surface area contributed by atoms with Crippen molar-refractivity contribution in [3.63, 3.8) is 0 Å². The molecule has 4 rings (SSSR count). The zero-order valence-electron chi connectivity index (χ0n) is 16.7. The first-order chi connectivity index (χ1) is 11.5. The molecule has 0 spiro atoms. The summed E-state index contributed by atoms with van der Waals surface area (Å²) in [7, 11) is 0. The number of allylic oxidation sites excluding steroid dienone is 2. The summed E-state index contributed by atoms with van der Waals surface area (Å²) in [6, 6.07) is 0. The van der Waals surface area contributed by atoms with Crippen LogP contribution in [0.25, 0.3) is 0 Å². The van der Waals surface area contributed by atoms with Crippen LogP contribution in [0, 0.1) is 46.8 Å². The highest BCUT2D eigenvalue weighted by atomic mass is 14.6. The predicted octanol–water partition coefficient (Wildman–Crippen LogP) is 7.25. The van der Waals surface area contributed by atoms with Gasteiger partial charge in [-0.05, 0) is 112 Å². The third-order valence-corrected chi connectivity index (χ3v) is 9.06. The molecule has 4 aliphatic carbocycles. The van der Waals surface area contributed by atoms with Crippen molar-refractivity contribution in [1.29, 1.82) is 0 Å². The van der Waals surface area contributed by atoms with E-state index in [9.17, 15) is 0 Å². The highest BCUT2D eigenvalue weighted by molar-refractivity contribution is 5.23. The van der Waals surface area contributed by atoms with Crippen molar-refractivity contribution in [1.82, 2.24) is 0 Å². The normalized spacial score (nSPS) is 49.8. The molecule has 0 bridgehead atoms. The van der Waals surface area contributed by atoms with Gasteiger partial charge in [-0.2, -0.15) is 0 Å². The summed E-state index contributed by atoms with van der Waals surface area (Å²) < 4.78 is 0. The highest BCUT2D eigenvalue weighted by Crippen LogP contribution is 2.64. The van der Waals surface area contributed by atoms with Gasteiger partial charge in [0.25, 0.3) is 0 Å². The maximum atomic E-state index is 2.63. The predicted molar refractivity (Wildman–Crippen MR) is 104 cm³/mol. The summed E-state index contributed by atoms with van der Waals surface area (Å²) in [6.45, 7) is 9.76. The number of hydrogen-bond donors (Lipinski definition) is 0. The van der Waals surface area contributed by atoms with Crippen molar-refractivity contribution in [2.45, 2.75) is 91.9 Å². The Balaban J connectivity index is 1.48. The van der Waals surface area contributed by atoms with Crippen molar-refractivity contribution in [2.24, 2.45) is 46.8 Å². The van der Waals surface area contributed by atoms with E-state index in [1.165, 1.54) is 25.7 Å². The quantitative estimate of drug-likeness (QED) is 0.468. The minimum absolute atomic E-state index is 0.581. The molecule has 0 radical (unpaired) electrons. The van der Waals surface area contributed by atoms with Gasteiger partial charge in [0.05, 0.1) is 0 Å². The molecule has 4 saturated carbocycles. The fourth-order valence-electron chi connectivity index (χ4n) is 8.15. The van der Waals surface area contributed by atoms with Crippen LogP contribution in [-0.2, 0) is 0 Å². The van der Waals surface area contributed by atoms with Gasteiger partial charge in [0.1, 0.15) is 0 Å². The number of fused-ring (bicyclic) bond motifs is 5. The minimum Gasteiger partial charge on any atom is -0.0879 e. The molecule has 0 aromatic rings. The van der Waals surface area contributed by atoms with Crippen LogP contribution in [0.2, 0.25) is 0 Å². The standard InChI is InChI=1S/C24H40/c1-5-19-8-11-23-22-10-7-18-15-17(14-16(2)3)6-9-20(18)21(22)12-13-24(19,23)4/h5,16-18,20-23H,6-15H2,1-4H3/b19-5-/t17-,18-,20+,21-,22-,23+,24-/m1/s1. The minimum atomic E-state index is 0.581. The van der Waals surface area contributed by atoms with Crippen molar-refractivity contribution in [2.75, 3.05) is 0 Å². The lowest BCUT2D eigenvalue weighted by molar-refractivity contribution is -0.0496. The van der Waals surface area contributed by atoms with Crippen molar-refractivity contribution in [3.05, 3.63) is 11.6 Å². The zero-order valence-corrected chi connectivity index (χ0v) is 16.7. The first-order valence-electron chi connectivity index (χ1n) is 11.2. The van der Waals surface area contributed by atoms with Crippen LogP contribution in [0.3, 0.4) is 0 Å². The maximum Gasteiger partial charge on any atom is -0.00853 e. The second kappa shape index (κ2) is 6.48. The molecule has 0 N–H and O–H groups in total. The van der Waals surface area contributed by atoms with Crippen molar-refractivity contribution >= 4 is 0 Å². The van der Waals surface area contributed by atoms with Gasteiger partial charge in [0.15, 0.2) is 0 Å². The molecule has 24 heavy (non-hydrogen) atoms. The van der Waals surface area contributed by atoms with E-state index in [2.05, 4.69) is 33.8 Å². The Morgan fingerprint density at radius 3 is 2.54 bits per heavy atom. The monoisotopic (exact) mass is 328 g/mol. The van der Waals surface area contributed by atoms with Crippen LogP contribution in [-0.4, -0.2) is 0 Å². The van der Waals surface area contributed by atoms with Gasteiger partial charge in [0, 0.05) is 0 Å². The molecule has 4 aliphatic rings. The third-order valence-electron chi connectivity index (χ3n) is 9.06. The fraction of sp³-hybridized carbons (Fsp3) is 0.917. The molecule has 0 heterocycles. The summed E-state index contributed by atoms with van der Waals surface area (Å²) >= 11 is 0. The molecule has 0 nitrogen and oxygen atoms in total. The van der Waals surface area contributed by atoms with Gasteiger partial charge in [-0.25, -0.2) is 0 Å². The van der Waals surface area contributed by atoms with E-state index in [1.54, 1.807) is 38.5 Å². The largest absolute Gasteiger partial charge is 0.0879 e. The molecule has 0 amide bonds. The Hall–Kier alpha value is -0.260. The summed E-state index contributed by atoms with van der Waals surface area (Å²) in [5.74, 6) is 7.34. The second-order valence-electron chi connectivity index (χ2n) is 10.6. The lowest BCUT2D eigenvalue weighted by atomic mass is 9.49. The van der Waals surface area contributed by atoms with Gasteiger partial charge < -0.3 is 0 Å². The molecule has 7 atom stereocenters. The molecule has 0 heteroatoms. The van der Waals surface area contributed by atoms with Gasteiger partial charge in [-0.3, -0.25) is 0 Å². The van der Waals surface area contributed by atoms with E-state index in [1.807, 2.05) is 5.57 Å². The molecular weight excluding hydrogens is 288 g/mol. The smallest absolute Gasteiger partial charge is 0.00853 e. The van der Waals surface area contributed by atoms with E-state index in [4.69, 9.17) is 0 Å². The van der Waals surface area contributed by atoms with Gasteiger partial charge in [-0.15, -0.1) is 0 Å². The van der Waals surface area contributed by atoms with Gasteiger partial charge in [0.2, 0.25) is 0 Å². The van der Waals surface area contributed by atoms with E-state index in [-0.39, 0.29) is 0 Å². The molecule has 0 aliphatic heterocycles. The van der Waals surface area contributed by atoms with Crippen LogP contribution >= 0.6 is 0 Å². The van der Waals surface area contributed by atoms with E-state index in [0.29, 0.717) is 5.41 Å². The first kappa shape index (κ1) is 17.2. The Bertz CT molecular complexity index is 486. The molecule has 0 saturated heterocycles. The summed E-state index contributed by atoms with van der Waals surface area (Å²) in [5, 5.41) is 0. The lowest BCUT2D eigenvalue weighted by Gasteiger charge is -2.55. The Morgan fingerprint density at radius 2 is 1.79 bits per heavy atom. The number of rotatable bonds is 2. The molecule has 4 fully saturated rings. The third kappa shape index (κ3) is 2.71. The van der Waals surface area contributed by atoms with Crippen molar-refractivity contribution < 1.29 is 0 Å².